The number of aromatic carboxylic acids is 1. The molecule has 8 aromatic carbocycles. The van der Waals surface area contributed by atoms with Crippen molar-refractivity contribution < 1.29 is 64.0 Å². The molecule has 2 unspecified atom stereocenters. The van der Waals surface area contributed by atoms with Crippen LogP contribution in [0.5, 0.6) is 0 Å². The Hall–Kier alpha value is -10.6. The molecule has 3 aliphatic rings. The molecule has 0 aliphatic carbocycles. The van der Waals surface area contributed by atoms with Crippen LogP contribution in [0, 0.1) is 40.1 Å². The number of carboxylic acids is 1. The first kappa shape index (κ1) is 106. The number of halogens is 3. The second-order valence-corrected chi connectivity index (χ2v) is 29.2. The van der Waals surface area contributed by atoms with Gasteiger partial charge in [-0.1, -0.05) is 104 Å². The van der Waals surface area contributed by atoms with E-state index in [1.807, 2.05) is 164 Å². The summed E-state index contributed by atoms with van der Waals surface area (Å²) in [4.78, 5) is 104. The van der Waals surface area contributed by atoms with Crippen molar-refractivity contribution in [1.29, 1.82) is 15.8 Å². The van der Waals surface area contributed by atoms with Gasteiger partial charge in [0.1, 0.15) is 23.6 Å². The molecule has 1 aromatic heterocycles. The molecule has 3 saturated heterocycles. The number of carboxylic acid groups (broad SMARTS) is 1. The number of carbonyl (C=O) groups excluding carboxylic acids is 7. The van der Waals surface area contributed by atoms with Crippen molar-refractivity contribution in [1.82, 2.24) is 65.7 Å². The van der Waals surface area contributed by atoms with Crippen LogP contribution in [0.4, 0.5) is 0 Å². The van der Waals surface area contributed by atoms with Gasteiger partial charge in [-0.25, -0.2) is 14.3 Å². The third-order valence-electron chi connectivity index (χ3n) is 19.1. The topological polar surface area (TPSA) is 346 Å². The Labute approximate surface area is 746 Å². The Balaban J connectivity index is 0.000000380. The number of benzene rings is 8. The van der Waals surface area contributed by atoms with Gasteiger partial charge in [0.25, 0.3) is 17.7 Å². The van der Waals surface area contributed by atoms with Crippen LogP contribution in [0.25, 0.3) is 11.0 Å². The molecule has 5 N–H and O–H groups in total. The summed E-state index contributed by atoms with van der Waals surface area (Å²) in [5, 5.41) is 55.4. The van der Waals surface area contributed by atoms with Crippen LogP contribution >= 0.6 is 35.0 Å². The molecule has 0 spiro atoms. The number of amides is 5. The van der Waals surface area contributed by atoms with Gasteiger partial charge in [0.15, 0.2) is 0 Å². The fourth-order valence-electron chi connectivity index (χ4n) is 12.6. The molecule has 0 saturated carbocycles. The van der Waals surface area contributed by atoms with Crippen molar-refractivity contribution in [3.05, 3.63) is 273 Å². The van der Waals surface area contributed by atoms with Gasteiger partial charge in [0.2, 0.25) is 21.0 Å². The third-order valence-corrected chi connectivity index (χ3v) is 19.1. The molecular weight excluding hydrogens is 1730 g/mol. The Kier molecular flexibility index (Phi) is 53.4. The number of H-pyrrole nitrogens is 1. The third kappa shape index (κ3) is 37.8. The van der Waals surface area contributed by atoms with Gasteiger partial charge in [-0.2, -0.15) is 56.3 Å². The van der Waals surface area contributed by atoms with Crippen LogP contribution < -0.4 is 16.0 Å². The monoisotopic (exact) mass is 1830 g/mol. The normalized spacial score (nSPS) is 12.9. The van der Waals surface area contributed by atoms with Gasteiger partial charge in [-0.15, -0.1) is 0 Å². The number of carbonyl (C=O) groups is 8. The quantitative estimate of drug-likeness (QED) is 0.0205. The molecule has 26 nitrogen and oxygen atoms in total. The fourth-order valence-corrected chi connectivity index (χ4v) is 12.6. The number of aldehydes is 2. The number of nitriles is 3. The molecule has 9 aromatic rings. The van der Waals surface area contributed by atoms with E-state index in [2.05, 4.69) is 126 Å². The van der Waals surface area contributed by atoms with Crippen molar-refractivity contribution in [2.45, 2.75) is 81.3 Å². The number of rotatable bonds is 20. The van der Waals surface area contributed by atoms with Gasteiger partial charge in [-0.3, -0.25) is 43.4 Å². The maximum Gasteiger partial charge on any atom is 0.112 e. The summed E-state index contributed by atoms with van der Waals surface area (Å²) in [7, 11) is 7.36. The van der Waals surface area contributed by atoms with Crippen molar-refractivity contribution >= 4 is 103 Å². The van der Waals surface area contributed by atoms with Crippen molar-refractivity contribution in [3.63, 3.8) is 0 Å². The predicted octanol–water partition coefficient (Wildman–Crippen LogP) is 13.8. The molecular formula is C91H111BrCl2N16O10SZn. The summed E-state index contributed by atoms with van der Waals surface area (Å²) in [5.41, 5.74) is 11.4. The van der Waals surface area contributed by atoms with Gasteiger partial charge in [-0.05, 0) is 162 Å². The van der Waals surface area contributed by atoms with E-state index in [1.165, 1.54) is 40.6 Å². The van der Waals surface area contributed by atoms with Crippen LogP contribution in [0.1, 0.15) is 182 Å². The molecule has 5 amide bonds. The fraction of sp³-hybridized carbons (Fsp3) is 0.352. The Morgan fingerprint density at radius 3 is 1.12 bits per heavy atom. The summed E-state index contributed by atoms with van der Waals surface area (Å²) >= 11 is 4.25. The number of aromatic nitrogens is 3. The molecule has 644 valence electrons. The average molecular weight is 1840 g/mol. The average Bonchev–Trinajstić information content (AvgIpc) is 0.884. The number of fused-ring (bicyclic) bond motifs is 1. The van der Waals surface area contributed by atoms with E-state index in [1.54, 1.807) is 73.3 Å². The summed E-state index contributed by atoms with van der Waals surface area (Å²) < 4.78 is 9.09. The number of piperazine rings is 3. The van der Waals surface area contributed by atoms with E-state index in [4.69, 9.17) is 14.6 Å². The molecule has 31 heteroatoms. The van der Waals surface area contributed by atoms with Gasteiger partial charge in [0, 0.05) is 187 Å². The first-order valence-corrected chi connectivity index (χ1v) is 49.9. The minimum absolute atomic E-state index is 0.0115. The van der Waals surface area contributed by atoms with Gasteiger partial charge >= 0.3 is 35.9 Å². The van der Waals surface area contributed by atoms with E-state index in [0.717, 1.165) is 124 Å². The Morgan fingerprint density at radius 2 is 0.828 bits per heavy atom. The van der Waals surface area contributed by atoms with Crippen molar-refractivity contribution in [2.75, 3.05) is 131 Å². The Morgan fingerprint density at radius 1 is 0.492 bits per heavy atom. The van der Waals surface area contributed by atoms with E-state index >= 15 is 0 Å². The number of aromatic amines is 1. The van der Waals surface area contributed by atoms with Crippen LogP contribution in [0.2, 0.25) is 0 Å². The van der Waals surface area contributed by atoms with Crippen molar-refractivity contribution in [3.8, 4) is 18.2 Å². The van der Waals surface area contributed by atoms with Crippen LogP contribution in [-0.4, -0.2) is 238 Å². The maximum absolute atomic E-state index is 12.7. The van der Waals surface area contributed by atoms with Gasteiger partial charge in [0.05, 0.1) is 40.9 Å². The molecule has 3 fully saturated rings. The summed E-state index contributed by atoms with van der Waals surface area (Å²) in [5.74, 6) is -0.574. The molecule has 122 heavy (non-hydrogen) atoms. The van der Waals surface area contributed by atoms with Crippen LogP contribution in [-0.2, 0) is 35.2 Å². The van der Waals surface area contributed by atoms with E-state index in [0.29, 0.717) is 97.6 Å². The largest absolute Gasteiger partial charge is 0.197 e. The summed E-state index contributed by atoms with van der Waals surface area (Å²) in [6.07, 6.45) is 1.44. The Bertz CT molecular complexity index is 4710. The SMILES string of the molecule is CC(=O)N1CCNCC1.CCN(CC)C(=O)c1ccc(C(c2cccc(C#N)c2)N2CCN(C(C)=O)CC2)cc1.CCN(CC)C(=O)c1ccc(C(c2cccc(C#N)c2)N2CCNCC2)cc1.CCN(CC)C(=O)c1ccc(C=O)cc1.CCNCC.N#Cc1c[c-]ccc1.O=Cc1ccc(C(=O)O)cc1.O=S(Cl)Cl.[Zn+][Br].c1ccc2n[nH]nc2c1. The standard InChI is InChI=1S/C25H30N4O2.C23H28N4O.C12H15NO2.C8H6O3.C7H4N.C6H5N3.C6H12N2O.C4H11N.BrH.Cl2OS.Zn/c1-4-27(5-2)25(31)22-11-9-21(10-12-22)24(23-8-6-7-20(17-23)18-26)29-15-13-28(14-16-29)19(3)30;1-3-26(4-2)23(28)20-10-8-19(9-11-20)22(27-14-12-25-13-15-27)21-7-5-6-18(16-21)17-24;1-3-13(4-2)12(15)11-7-5-10(9-14)6-8-11;9-5-6-1-3-7(4-2-6)8(10)11;8-6-7-4-2-1-3-5-7;1-2-4-6-5(3-1)7-9-8-6;1-6(9)8-4-2-7-3-5-8;1-3-5-4-2;;1-4(2)3;/h6-12,17,24H,4-5,13-16H2,1-3H3;5-11,16,22,25H,3-4,12-15H2,1-2H3;5-9H,3-4H2,1-2H3;1-5H,(H,10,11);1-2,4-5H;1-4H,(H,7,8,9);7H,2-5H2,1H3;5H,3-4H2,1-2H3;1H;;/q;;;;-1;;;;;;+2/p-1. The van der Waals surface area contributed by atoms with Gasteiger partial charge < -0.3 is 45.6 Å². The minimum Gasteiger partial charge on any atom is -0.197 e. The minimum atomic E-state index is -1.67. The second-order valence-electron chi connectivity index (χ2n) is 26.7. The van der Waals surface area contributed by atoms with Crippen molar-refractivity contribution in [2.24, 2.45) is 0 Å². The molecule has 12 rings (SSSR count). The van der Waals surface area contributed by atoms with E-state index in [-0.39, 0.29) is 47.2 Å². The summed E-state index contributed by atoms with van der Waals surface area (Å²) in [6.45, 7) is 35.9. The van der Waals surface area contributed by atoms with Crippen LogP contribution in [0.15, 0.2) is 194 Å². The predicted molar refractivity (Wildman–Crippen MR) is 482 cm³/mol. The number of nitrogens with one attached hydrogen (secondary N) is 4. The zero-order valence-corrected chi connectivity index (χ0v) is 78.0. The smallest absolute Gasteiger partial charge is 0.112 e. The first-order chi connectivity index (χ1) is 59.0. The zero-order chi connectivity index (χ0) is 90.2. The molecule has 0 bridgehead atoms. The zero-order valence-electron chi connectivity index (χ0n) is 71.2. The second kappa shape index (κ2) is 61.7. The summed E-state index contributed by atoms with van der Waals surface area (Å²) in [6, 6.07) is 67.7. The van der Waals surface area contributed by atoms with E-state index < -0.39 is 15.2 Å². The number of hydrogen-bond acceptors (Lipinski definition) is 19. The molecule has 0 radical (unpaired) electrons. The van der Waals surface area contributed by atoms with Crippen LogP contribution in [0.3, 0.4) is 0 Å². The molecule has 2 atom stereocenters. The molecule has 4 heterocycles. The number of para-hydroxylation sites is 2. The maximum atomic E-state index is 12.7. The van der Waals surface area contributed by atoms with E-state index in [9.17, 15) is 48.9 Å². The molecule has 3 aliphatic heterocycles. The number of hydrogen-bond donors (Lipinski definition) is 5. The first-order valence-electron chi connectivity index (χ1n) is 40.1. The number of nitrogens with zero attached hydrogens (tertiary/aromatic N) is 12.